The molecule has 0 radical (unpaired) electrons. The molecule has 1 N–H and O–H groups in total. The fourth-order valence-electron chi connectivity index (χ4n) is 2.79. The van der Waals surface area contributed by atoms with E-state index in [1.54, 1.807) is 24.3 Å². The number of hydrogen-bond acceptors (Lipinski definition) is 3. The van der Waals surface area contributed by atoms with Crippen molar-refractivity contribution in [3.8, 4) is 0 Å². The molecule has 0 fully saturated rings. The van der Waals surface area contributed by atoms with Crippen LogP contribution in [0.25, 0.3) is 0 Å². The number of nitrogens with zero attached hydrogens (tertiary/aromatic N) is 1. The maximum Gasteiger partial charge on any atom is 0.264 e. The normalized spacial score (nSPS) is 11.2. The highest BCUT2D eigenvalue weighted by molar-refractivity contribution is 7.92. The third-order valence-corrected chi connectivity index (χ3v) is 6.84. The minimum atomic E-state index is -3.73. The van der Waals surface area contributed by atoms with Crippen molar-refractivity contribution in [1.82, 2.24) is 0 Å². The van der Waals surface area contributed by atoms with Gasteiger partial charge in [-0.2, -0.15) is 0 Å². The molecule has 0 aromatic heterocycles. The number of halogens is 1. The van der Waals surface area contributed by atoms with E-state index in [1.165, 1.54) is 31.3 Å². The summed E-state index contributed by atoms with van der Waals surface area (Å²) in [5, 5.41) is 2.98. The summed E-state index contributed by atoms with van der Waals surface area (Å²) >= 11 is 6.30. The molecule has 3 rings (SSSR count). The number of carbonyl (C=O) groups is 1. The first-order chi connectivity index (χ1) is 13.7. The summed E-state index contributed by atoms with van der Waals surface area (Å²) in [5.41, 5.74) is 3.49. The predicted octanol–water partition coefficient (Wildman–Crippen LogP) is 5.03. The van der Waals surface area contributed by atoms with E-state index in [9.17, 15) is 13.2 Å². The van der Waals surface area contributed by atoms with Gasteiger partial charge in [0.05, 0.1) is 21.2 Å². The van der Waals surface area contributed by atoms with Gasteiger partial charge in [0.1, 0.15) is 0 Å². The van der Waals surface area contributed by atoms with Crippen LogP contribution in [0, 0.1) is 13.8 Å². The summed E-state index contributed by atoms with van der Waals surface area (Å²) in [4.78, 5) is 12.8. The average molecular weight is 429 g/mol. The van der Waals surface area contributed by atoms with Crippen LogP contribution in [0.15, 0.2) is 71.6 Å². The molecule has 0 aliphatic rings. The zero-order chi connectivity index (χ0) is 21.2. The smallest absolute Gasteiger partial charge is 0.264 e. The second kappa shape index (κ2) is 8.27. The summed E-state index contributed by atoms with van der Waals surface area (Å²) in [6.45, 7) is 3.96. The zero-order valence-corrected chi connectivity index (χ0v) is 17.9. The van der Waals surface area contributed by atoms with E-state index in [0.29, 0.717) is 11.4 Å². The third kappa shape index (κ3) is 4.44. The fraction of sp³-hybridized carbons (Fsp3) is 0.136. The minimum Gasteiger partial charge on any atom is -0.322 e. The highest BCUT2D eigenvalue weighted by atomic mass is 35.5. The average Bonchev–Trinajstić information content (AvgIpc) is 2.70. The van der Waals surface area contributed by atoms with Gasteiger partial charge in [0, 0.05) is 12.7 Å². The maximum absolute atomic E-state index is 12.8. The molecule has 0 bridgehead atoms. The summed E-state index contributed by atoms with van der Waals surface area (Å²) < 4.78 is 26.7. The Balaban J connectivity index is 1.84. The van der Waals surface area contributed by atoms with E-state index in [4.69, 9.17) is 11.6 Å². The van der Waals surface area contributed by atoms with Crippen LogP contribution in [0.1, 0.15) is 21.5 Å². The van der Waals surface area contributed by atoms with E-state index < -0.39 is 10.0 Å². The molecule has 0 saturated carbocycles. The Kier molecular flexibility index (Phi) is 5.96. The van der Waals surface area contributed by atoms with Gasteiger partial charge in [-0.25, -0.2) is 8.42 Å². The molecule has 3 aromatic carbocycles. The first kappa shape index (κ1) is 20.9. The van der Waals surface area contributed by atoms with Crippen LogP contribution in [-0.2, 0) is 10.0 Å². The number of anilines is 2. The van der Waals surface area contributed by atoms with Crippen molar-refractivity contribution in [1.29, 1.82) is 0 Å². The number of amides is 1. The Hall–Kier alpha value is -2.83. The minimum absolute atomic E-state index is 0.166. The first-order valence-electron chi connectivity index (χ1n) is 8.92. The number of rotatable bonds is 5. The van der Waals surface area contributed by atoms with E-state index >= 15 is 0 Å². The molecule has 0 unspecified atom stereocenters. The quantitative estimate of drug-likeness (QED) is 0.619. The summed E-state index contributed by atoms with van der Waals surface area (Å²) in [7, 11) is -2.28. The standard InChI is InChI=1S/C22H21ClN2O3S/c1-15-9-10-17(13-16(15)2)24-22(26)20-12-11-18(14-21(20)23)25(3)29(27,28)19-7-5-4-6-8-19/h4-14H,1-3H3,(H,24,26). The number of benzene rings is 3. The molecule has 0 heterocycles. The molecular formula is C22H21ClN2O3S. The van der Waals surface area contributed by atoms with Crippen molar-refractivity contribution >= 4 is 38.9 Å². The fourth-order valence-corrected chi connectivity index (χ4v) is 4.26. The Morgan fingerprint density at radius 3 is 2.24 bits per heavy atom. The molecule has 3 aromatic rings. The van der Waals surface area contributed by atoms with Crippen molar-refractivity contribution in [2.24, 2.45) is 0 Å². The lowest BCUT2D eigenvalue weighted by Crippen LogP contribution is -2.26. The van der Waals surface area contributed by atoms with Gasteiger partial charge in [0.15, 0.2) is 0 Å². The Morgan fingerprint density at radius 2 is 1.62 bits per heavy atom. The van der Waals surface area contributed by atoms with Crippen molar-refractivity contribution in [2.45, 2.75) is 18.7 Å². The van der Waals surface area contributed by atoms with Crippen LogP contribution in [0.5, 0.6) is 0 Å². The largest absolute Gasteiger partial charge is 0.322 e. The van der Waals surface area contributed by atoms with Crippen LogP contribution in [0.4, 0.5) is 11.4 Å². The molecule has 0 atom stereocenters. The SMILES string of the molecule is Cc1ccc(NC(=O)c2ccc(N(C)S(=O)(=O)c3ccccc3)cc2Cl)cc1C. The van der Waals surface area contributed by atoms with E-state index in [2.05, 4.69) is 5.32 Å². The van der Waals surface area contributed by atoms with Gasteiger partial charge < -0.3 is 5.32 Å². The van der Waals surface area contributed by atoms with Crippen molar-refractivity contribution in [3.63, 3.8) is 0 Å². The number of carbonyl (C=O) groups excluding carboxylic acids is 1. The van der Waals surface area contributed by atoms with Crippen LogP contribution < -0.4 is 9.62 Å². The van der Waals surface area contributed by atoms with Gasteiger partial charge >= 0.3 is 0 Å². The van der Waals surface area contributed by atoms with Crippen LogP contribution in [0.2, 0.25) is 5.02 Å². The molecule has 150 valence electrons. The topological polar surface area (TPSA) is 66.5 Å². The molecule has 0 saturated heterocycles. The molecule has 7 heteroatoms. The van der Waals surface area contributed by atoms with Crippen LogP contribution in [0.3, 0.4) is 0 Å². The molecule has 0 spiro atoms. The number of sulfonamides is 1. The van der Waals surface area contributed by atoms with Crippen LogP contribution in [-0.4, -0.2) is 21.4 Å². The van der Waals surface area contributed by atoms with Gasteiger partial charge in [-0.1, -0.05) is 35.9 Å². The molecule has 0 aliphatic carbocycles. The third-order valence-electron chi connectivity index (χ3n) is 4.73. The molecule has 0 aliphatic heterocycles. The second-order valence-electron chi connectivity index (χ2n) is 6.70. The summed E-state index contributed by atoms with van der Waals surface area (Å²) in [6, 6.07) is 18.3. The molecular weight excluding hydrogens is 408 g/mol. The predicted molar refractivity (Wildman–Crippen MR) is 117 cm³/mol. The van der Waals surface area contributed by atoms with Gasteiger partial charge in [0.25, 0.3) is 15.9 Å². The van der Waals surface area contributed by atoms with Gasteiger partial charge in [-0.3, -0.25) is 9.10 Å². The Morgan fingerprint density at radius 1 is 0.931 bits per heavy atom. The van der Waals surface area contributed by atoms with E-state index in [0.717, 1.165) is 15.4 Å². The van der Waals surface area contributed by atoms with Gasteiger partial charge in [-0.15, -0.1) is 0 Å². The van der Waals surface area contributed by atoms with E-state index in [-0.39, 0.29) is 21.4 Å². The van der Waals surface area contributed by atoms with E-state index in [1.807, 2.05) is 32.0 Å². The van der Waals surface area contributed by atoms with Gasteiger partial charge in [0.2, 0.25) is 0 Å². The summed E-state index contributed by atoms with van der Waals surface area (Å²) in [6.07, 6.45) is 0. The maximum atomic E-state index is 12.8. The molecule has 29 heavy (non-hydrogen) atoms. The lowest BCUT2D eigenvalue weighted by Gasteiger charge is -2.20. The number of aryl methyl sites for hydroxylation is 2. The van der Waals surface area contributed by atoms with Crippen LogP contribution >= 0.6 is 11.6 Å². The first-order valence-corrected chi connectivity index (χ1v) is 10.7. The summed E-state index contributed by atoms with van der Waals surface area (Å²) in [5.74, 6) is -0.363. The lowest BCUT2D eigenvalue weighted by molar-refractivity contribution is 0.102. The molecule has 1 amide bonds. The van der Waals surface area contributed by atoms with Gasteiger partial charge in [-0.05, 0) is 67.4 Å². The monoisotopic (exact) mass is 428 g/mol. The highest BCUT2D eigenvalue weighted by Gasteiger charge is 2.22. The zero-order valence-electron chi connectivity index (χ0n) is 16.3. The second-order valence-corrected chi connectivity index (χ2v) is 9.08. The molecule has 5 nitrogen and oxygen atoms in total. The Labute approximate surface area is 176 Å². The van der Waals surface area contributed by atoms with Crippen molar-refractivity contribution in [3.05, 3.63) is 88.4 Å². The lowest BCUT2D eigenvalue weighted by atomic mass is 10.1. The van der Waals surface area contributed by atoms with Crippen molar-refractivity contribution < 1.29 is 13.2 Å². The van der Waals surface area contributed by atoms with Crippen molar-refractivity contribution in [2.75, 3.05) is 16.7 Å². The number of hydrogen-bond donors (Lipinski definition) is 1. The highest BCUT2D eigenvalue weighted by Crippen LogP contribution is 2.28. The number of nitrogens with one attached hydrogen (secondary N) is 1. The Bertz CT molecular complexity index is 1160.